The van der Waals surface area contributed by atoms with Crippen LogP contribution in [0.5, 0.6) is 0 Å². The molecular formula is C25H26IN3O3. The molecule has 0 radical (unpaired) electrons. The third kappa shape index (κ3) is 3.08. The molecule has 3 aromatic rings. The molecule has 1 fully saturated rings. The number of nitrogens with zero attached hydrogens (tertiary/aromatic N) is 3. The maximum atomic E-state index is 13.5. The Hall–Kier alpha value is -2.42. The highest BCUT2D eigenvalue weighted by Crippen LogP contribution is 2.66. The summed E-state index contributed by atoms with van der Waals surface area (Å²) in [6.45, 7) is 10.3. The maximum Gasteiger partial charge on any atom is 0.435 e. The molecule has 1 saturated carbocycles. The second-order valence-corrected chi connectivity index (χ2v) is 10.8. The Labute approximate surface area is 201 Å². The molecule has 6 nitrogen and oxygen atoms in total. The van der Waals surface area contributed by atoms with Crippen LogP contribution in [0.4, 0.5) is 10.5 Å². The highest BCUT2D eigenvalue weighted by atomic mass is 127. The number of carbonyl (C=O) groups is 2. The molecule has 2 aliphatic rings. The molecule has 2 heterocycles. The van der Waals surface area contributed by atoms with Gasteiger partial charge in [0.05, 0.1) is 10.9 Å². The van der Waals surface area contributed by atoms with E-state index in [9.17, 15) is 9.59 Å². The van der Waals surface area contributed by atoms with Crippen LogP contribution in [0.1, 0.15) is 56.7 Å². The molecule has 1 aliphatic carbocycles. The summed E-state index contributed by atoms with van der Waals surface area (Å²) in [7, 11) is 0. The van der Waals surface area contributed by atoms with Gasteiger partial charge in [0.1, 0.15) is 9.30 Å². The van der Waals surface area contributed by atoms with E-state index < -0.39 is 17.1 Å². The van der Waals surface area contributed by atoms with E-state index in [1.54, 1.807) is 0 Å². The van der Waals surface area contributed by atoms with Crippen LogP contribution in [0.15, 0.2) is 36.4 Å². The fourth-order valence-corrected chi connectivity index (χ4v) is 5.65. The first-order valence-corrected chi connectivity index (χ1v) is 12.0. The molecule has 0 bridgehead atoms. The van der Waals surface area contributed by atoms with E-state index >= 15 is 0 Å². The van der Waals surface area contributed by atoms with E-state index in [0.29, 0.717) is 12.1 Å². The third-order valence-electron chi connectivity index (χ3n) is 6.46. The van der Waals surface area contributed by atoms with Gasteiger partial charge in [-0.1, -0.05) is 23.8 Å². The summed E-state index contributed by atoms with van der Waals surface area (Å²) in [6.07, 6.45) is 0.283. The van der Waals surface area contributed by atoms with Gasteiger partial charge in [-0.15, -0.1) is 0 Å². The molecule has 1 spiro atoms. The number of hydrogen-bond donors (Lipinski definition) is 0. The zero-order valence-electron chi connectivity index (χ0n) is 18.9. The number of aryl methyl sites for hydroxylation is 1. The fourth-order valence-electron chi connectivity index (χ4n) is 4.98. The SMILES string of the molecule is CCN1C(=O)[C@@]2(C[C@H]2c2ccc3c(I)nn(C(=O)OC(C)(C)C)c3c2)c2cc(C)ccc21. The van der Waals surface area contributed by atoms with Crippen LogP contribution in [0.3, 0.4) is 0 Å². The highest BCUT2D eigenvalue weighted by Gasteiger charge is 2.67. The Balaban J connectivity index is 1.58. The lowest BCUT2D eigenvalue weighted by Crippen LogP contribution is -2.32. The van der Waals surface area contributed by atoms with Crippen molar-refractivity contribution in [1.29, 1.82) is 0 Å². The number of anilines is 1. The Kier molecular flexibility index (Phi) is 4.71. The molecule has 0 saturated heterocycles. The topological polar surface area (TPSA) is 64.4 Å². The molecule has 166 valence electrons. The molecule has 5 rings (SSSR count). The lowest BCUT2D eigenvalue weighted by Gasteiger charge is -2.19. The van der Waals surface area contributed by atoms with E-state index in [2.05, 4.69) is 58.9 Å². The van der Waals surface area contributed by atoms with Gasteiger partial charge in [-0.3, -0.25) is 4.79 Å². The van der Waals surface area contributed by atoms with Crippen LogP contribution in [0.2, 0.25) is 0 Å². The van der Waals surface area contributed by atoms with Gasteiger partial charge < -0.3 is 9.64 Å². The van der Waals surface area contributed by atoms with E-state index in [1.807, 2.05) is 44.7 Å². The van der Waals surface area contributed by atoms with Crippen LogP contribution in [0, 0.1) is 10.6 Å². The standard InChI is InChI=1S/C25H26IN3O3/c1-6-28-19-10-7-14(2)11-17(19)25(22(28)30)13-18(25)15-8-9-16-20(12-15)29(27-21(16)26)23(31)32-24(3,4)5/h7-12,18H,6,13H2,1-5H3/t18-,25-/m0/s1. The predicted molar refractivity (Wildman–Crippen MR) is 132 cm³/mol. The van der Waals surface area contributed by atoms with Gasteiger partial charge in [0.15, 0.2) is 0 Å². The van der Waals surface area contributed by atoms with Crippen LogP contribution >= 0.6 is 22.6 Å². The summed E-state index contributed by atoms with van der Waals surface area (Å²) in [5, 5.41) is 5.33. The number of carbonyl (C=O) groups excluding carboxylic acids is 2. The number of fused-ring (bicyclic) bond motifs is 3. The van der Waals surface area contributed by atoms with Crippen LogP contribution in [0.25, 0.3) is 10.9 Å². The summed E-state index contributed by atoms with van der Waals surface area (Å²) in [6, 6.07) is 12.4. The molecule has 0 N–H and O–H groups in total. The van der Waals surface area contributed by atoms with Gasteiger partial charge in [0.25, 0.3) is 0 Å². The lowest BCUT2D eigenvalue weighted by atomic mass is 9.91. The van der Waals surface area contributed by atoms with Gasteiger partial charge in [-0.05, 0) is 93.0 Å². The van der Waals surface area contributed by atoms with Gasteiger partial charge in [0.2, 0.25) is 5.91 Å². The zero-order valence-corrected chi connectivity index (χ0v) is 21.1. The average Bonchev–Trinajstić information content (AvgIpc) is 3.33. The summed E-state index contributed by atoms with van der Waals surface area (Å²) in [4.78, 5) is 28.2. The largest absolute Gasteiger partial charge is 0.442 e. The molecule has 32 heavy (non-hydrogen) atoms. The molecule has 0 unspecified atom stereocenters. The Morgan fingerprint density at radius 1 is 1.25 bits per heavy atom. The van der Waals surface area contributed by atoms with Crippen molar-refractivity contribution in [3.8, 4) is 0 Å². The Bertz CT molecular complexity index is 1290. The average molecular weight is 543 g/mol. The van der Waals surface area contributed by atoms with Crippen molar-refractivity contribution in [2.24, 2.45) is 0 Å². The summed E-state index contributed by atoms with van der Waals surface area (Å²) < 4.78 is 7.64. The number of likely N-dealkylation sites (N-methyl/N-ethyl adjacent to an activating group) is 1. The molecule has 1 amide bonds. The van der Waals surface area contributed by atoms with E-state index in [-0.39, 0.29) is 11.8 Å². The number of halogens is 1. The highest BCUT2D eigenvalue weighted by molar-refractivity contribution is 14.1. The number of ether oxygens (including phenoxy) is 1. The zero-order chi connectivity index (χ0) is 23.0. The van der Waals surface area contributed by atoms with Crippen molar-refractivity contribution in [1.82, 2.24) is 9.78 Å². The summed E-state index contributed by atoms with van der Waals surface area (Å²) >= 11 is 2.14. The van der Waals surface area contributed by atoms with Gasteiger partial charge in [0, 0.05) is 23.5 Å². The minimum atomic E-state index is -0.611. The van der Waals surface area contributed by atoms with Gasteiger partial charge in [-0.25, -0.2) is 4.79 Å². The van der Waals surface area contributed by atoms with E-state index in [4.69, 9.17) is 4.74 Å². The molecule has 2 aromatic carbocycles. The first-order valence-electron chi connectivity index (χ1n) is 10.9. The Morgan fingerprint density at radius 2 is 2.00 bits per heavy atom. The third-order valence-corrected chi connectivity index (χ3v) is 7.25. The van der Waals surface area contributed by atoms with E-state index in [0.717, 1.165) is 37.9 Å². The minimum absolute atomic E-state index is 0.0798. The van der Waals surface area contributed by atoms with Crippen LogP contribution < -0.4 is 4.90 Å². The lowest BCUT2D eigenvalue weighted by molar-refractivity contribution is -0.120. The molecule has 7 heteroatoms. The van der Waals surface area contributed by atoms with Crippen molar-refractivity contribution in [3.05, 3.63) is 56.8 Å². The smallest absolute Gasteiger partial charge is 0.435 e. The van der Waals surface area contributed by atoms with Crippen molar-refractivity contribution < 1.29 is 14.3 Å². The number of amides is 1. The number of hydrogen-bond acceptors (Lipinski definition) is 4. The van der Waals surface area contributed by atoms with Gasteiger partial charge >= 0.3 is 6.09 Å². The molecular weight excluding hydrogens is 517 g/mol. The second kappa shape index (κ2) is 7.04. The fraction of sp³-hybridized carbons (Fsp3) is 0.400. The second-order valence-electron chi connectivity index (χ2n) is 9.76. The molecule has 1 aliphatic heterocycles. The van der Waals surface area contributed by atoms with Crippen molar-refractivity contribution in [2.45, 2.75) is 58.0 Å². The number of benzene rings is 2. The normalized spacial score (nSPS) is 22.0. The van der Waals surface area contributed by atoms with Crippen molar-refractivity contribution in [3.63, 3.8) is 0 Å². The van der Waals surface area contributed by atoms with Crippen LogP contribution in [-0.4, -0.2) is 33.9 Å². The minimum Gasteiger partial charge on any atom is -0.442 e. The predicted octanol–water partition coefficient (Wildman–Crippen LogP) is 5.52. The summed E-state index contributed by atoms with van der Waals surface area (Å²) in [5.41, 5.74) is 3.97. The summed E-state index contributed by atoms with van der Waals surface area (Å²) in [5.74, 6) is 0.261. The van der Waals surface area contributed by atoms with Crippen molar-refractivity contribution in [2.75, 3.05) is 11.4 Å². The van der Waals surface area contributed by atoms with Crippen LogP contribution in [-0.2, 0) is 14.9 Å². The first-order chi connectivity index (χ1) is 15.1. The number of aromatic nitrogens is 2. The molecule has 2 atom stereocenters. The van der Waals surface area contributed by atoms with E-state index in [1.165, 1.54) is 4.68 Å². The Morgan fingerprint density at radius 3 is 2.69 bits per heavy atom. The molecule has 1 aromatic heterocycles. The first kappa shape index (κ1) is 21.4. The monoisotopic (exact) mass is 543 g/mol. The maximum absolute atomic E-state index is 13.5. The number of rotatable bonds is 2. The van der Waals surface area contributed by atoms with Crippen molar-refractivity contribution >= 4 is 51.2 Å². The quantitative estimate of drug-likeness (QED) is 0.399. The van der Waals surface area contributed by atoms with Gasteiger partial charge in [-0.2, -0.15) is 9.78 Å².